The monoisotopic (exact) mass is 443 g/mol. The van der Waals surface area contributed by atoms with Crippen molar-refractivity contribution in [2.24, 2.45) is 0 Å². The van der Waals surface area contributed by atoms with E-state index in [1.54, 1.807) is 36.4 Å². The van der Waals surface area contributed by atoms with Crippen molar-refractivity contribution < 1.29 is 33.3 Å². The Balaban J connectivity index is 1.64. The summed E-state index contributed by atoms with van der Waals surface area (Å²) in [5, 5.41) is 5.32. The number of hydrogen-bond acceptors (Lipinski definition) is 7. The number of hydrogen-bond donors (Lipinski definition) is 2. The fourth-order valence-corrected chi connectivity index (χ4v) is 3.15. The Labute approximate surface area is 185 Å². The summed E-state index contributed by atoms with van der Waals surface area (Å²) in [6.45, 7) is 1.61. The normalized spacial score (nSPS) is 13.2. The van der Waals surface area contributed by atoms with Gasteiger partial charge in [-0.3, -0.25) is 14.4 Å². The summed E-state index contributed by atoms with van der Waals surface area (Å²) in [6, 6.07) is 9.51. The summed E-state index contributed by atoms with van der Waals surface area (Å²) in [5.41, 5.74) is 1.25. The van der Waals surface area contributed by atoms with Crippen LogP contribution in [0.4, 0.5) is 11.4 Å². The number of nitrogens with zero attached hydrogens (tertiary/aromatic N) is 1. The van der Waals surface area contributed by atoms with E-state index < -0.39 is 11.8 Å². The lowest BCUT2D eigenvalue weighted by Gasteiger charge is -2.26. The van der Waals surface area contributed by atoms with Gasteiger partial charge in [0.2, 0.25) is 5.75 Å². The minimum atomic E-state index is -0.721. The highest BCUT2D eigenvalue weighted by molar-refractivity contribution is 6.39. The summed E-state index contributed by atoms with van der Waals surface area (Å²) < 4.78 is 21.0. The average Bonchev–Trinajstić information content (AvgIpc) is 2.84. The Morgan fingerprint density at radius 3 is 1.88 bits per heavy atom. The lowest BCUT2D eigenvalue weighted by Crippen LogP contribution is -2.45. The first kappa shape index (κ1) is 22.9. The van der Waals surface area contributed by atoms with Crippen LogP contribution < -0.4 is 24.8 Å². The molecule has 1 fully saturated rings. The number of rotatable bonds is 6. The van der Waals surface area contributed by atoms with Crippen molar-refractivity contribution in [3.8, 4) is 17.2 Å². The average molecular weight is 443 g/mol. The Morgan fingerprint density at radius 2 is 1.38 bits per heavy atom. The molecule has 2 N–H and O–H groups in total. The molecule has 0 unspecified atom stereocenters. The lowest BCUT2D eigenvalue weighted by molar-refractivity contribution is -0.145. The Bertz CT molecular complexity index is 961. The van der Waals surface area contributed by atoms with Crippen LogP contribution in [0.2, 0.25) is 0 Å². The summed E-state index contributed by atoms with van der Waals surface area (Å²) in [6.07, 6.45) is 0. The minimum Gasteiger partial charge on any atom is -0.493 e. The number of amides is 3. The highest BCUT2D eigenvalue weighted by Gasteiger charge is 2.23. The molecule has 0 aliphatic carbocycles. The maximum atomic E-state index is 12.7. The van der Waals surface area contributed by atoms with Crippen LogP contribution in [0.3, 0.4) is 0 Å². The quantitative estimate of drug-likeness (QED) is 0.654. The van der Waals surface area contributed by atoms with Gasteiger partial charge in [0, 0.05) is 30.0 Å². The standard InChI is InChI=1S/C22H25N3O7/c1-29-17-12-14(13-18(30-2)19(17)31-3)20(26)23-15-4-6-16(7-5-15)24-21(27)22(28)25-8-10-32-11-9-25/h4-7,12-13H,8-11H2,1-3H3,(H,23,26)(H,24,27). The predicted molar refractivity (Wildman–Crippen MR) is 117 cm³/mol. The molecule has 3 rings (SSSR count). The zero-order valence-corrected chi connectivity index (χ0v) is 18.1. The number of morpholine rings is 1. The van der Waals surface area contributed by atoms with Gasteiger partial charge in [-0.1, -0.05) is 0 Å². The summed E-state index contributed by atoms with van der Waals surface area (Å²) in [7, 11) is 4.42. The van der Waals surface area contributed by atoms with Gasteiger partial charge in [-0.05, 0) is 36.4 Å². The molecule has 0 radical (unpaired) electrons. The van der Waals surface area contributed by atoms with Crippen LogP contribution in [-0.2, 0) is 14.3 Å². The van der Waals surface area contributed by atoms with Crippen LogP contribution in [0, 0.1) is 0 Å². The van der Waals surface area contributed by atoms with Crippen molar-refractivity contribution in [2.75, 3.05) is 58.3 Å². The third-order valence-electron chi connectivity index (χ3n) is 4.82. The van der Waals surface area contributed by atoms with Gasteiger partial charge in [-0.2, -0.15) is 0 Å². The van der Waals surface area contributed by atoms with Gasteiger partial charge < -0.3 is 34.5 Å². The molecule has 3 amide bonds. The fraction of sp³-hybridized carbons (Fsp3) is 0.318. The molecule has 0 saturated carbocycles. The van der Waals surface area contributed by atoms with Gasteiger partial charge >= 0.3 is 11.8 Å². The fourth-order valence-electron chi connectivity index (χ4n) is 3.15. The first-order valence-corrected chi connectivity index (χ1v) is 9.86. The van der Waals surface area contributed by atoms with Crippen LogP contribution in [0.15, 0.2) is 36.4 Å². The Morgan fingerprint density at radius 1 is 0.844 bits per heavy atom. The minimum absolute atomic E-state index is 0.313. The molecule has 32 heavy (non-hydrogen) atoms. The smallest absolute Gasteiger partial charge is 0.313 e. The van der Waals surface area contributed by atoms with Crippen molar-refractivity contribution in [2.45, 2.75) is 0 Å². The SMILES string of the molecule is COc1cc(C(=O)Nc2ccc(NC(=O)C(=O)N3CCOCC3)cc2)cc(OC)c1OC. The predicted octanol–water partition coefficient (Wildman–Crippen LogP) is 1.76. The van der Waals surface area contributed by atoms with E-state index in [4.69, 9.17) is 18.9 Å². The Kier molecular flexibility index (Phi) is 7.50. The highest BCUT2D eigenvalue weighted by atomic mass is 16.5. The molecule has 1 aliphatic rings. The van der Waals surface area contributed by atoms with Crippen molar-refractivity contribution in [3.05, 3.63) is 42.0 Å². The summed E-state index contributed by atoms with van der Waals surface area (Å²) in [5.74, 6) is -0.601. The van der Waals surface area contributed by atoms with E-state index in [2.05, 4.69) is 10.6 Å². The number of methoxy groups -OCH3 is 3. The first-order valence-electron chi connectivity index (χ1n) is 9.86. The third-order valence-corrected chi connectivity index (χ3v) is 4.82. The molecule has 10 nitrogen and oxygen atoms in total. The topological polar surface area (TPSA) is 115 Å². The summed E-state index contributed by atoms with van der Waals surface area (Å²) in [4.78, 5) is 38.5. The van der Waals surface area contributed by atoms with E-state index in [0.717, 1.165) is 0 Å². The molecular weight excluding hydrogens is 418 g/mol. The molecule has 0 bridgehead atoms. The molecule has 2 aromatic rings. The van der Waals surface area contributed by atoms with Crippen molar-refractivity contribution >= 4 is 29.1 Å². The van der Waals surface area contributed by atoms with Gasteiger partial charge in [0.25, 0.3) is 5.91 Å². The molecule has 0 aromatic heterocycles. The largest absolute Gasteiger partial charge is 0.493 e. The molecule has 0 atom stereocenters. The number of ether oxygens (including phenoxy) is 4. The number of nitrogens with one attached hydrogen (secondary N) is 2. The highest BCUT2D eigenvalue weighted by Crippen LogP contribution is 2.38. The molecular formula is C22H25N3O7. The van der Waals surface area contributed by atoms with Crippen molar-refractivity contribution in [3.63, 3.8) is 0 Å². The van der Waals surface area contributed by atoms with Gasteiger partial charge in [0.05, 0.1) is 34.5 Å². The molecule has 2 aromatic carbocycles. The van der Waals surface area contributed by atoms with E-state index in [0.29, 0.717) is 60.5 Å². The second kappa shape index (κ2) is 10.5. The van der Waals surface area contributed by atoms with Gasteiger partial charge in [-0.15, -0.1) is 0 Å². The molecule has 1 saturated heterocycles. The van der Waals surface area contributed by atoms with Crippen molar-refractivity contribution in [1.29, 1.82) is 0 Å². The Hall–Kier alpha value is -3.79. The zero-order valence-electron chi connectivity index (χ0n) is 18.1. The van der Waals surface area contributed by atoms with Gasteiger partial charge in [0.1, 0.15) is 0 Å². The lowest BCUT2D eigenvalue weighted by atomic mass is 10.1. The van der Waals surface area contributed by atoms with E-state index in [1.807, 2.05) is 0 Å². The molecule has 170 valence electrons. The first-order chi connectivity index (χ1) is 15.5. The number of benzene rings is 2. The second-order valence-corrected chi connectivity index (χ2v) is 6.80. The molecule has 0 spiro atoms. The maximum absolute atomic E-state index is 12.7. The van der Waals surface area contributed by atoms with E-state index in [-0.39, 0.29) is 5.91 Å². The van der Waals surface area contributed by atoms with Crippen molar-refractivity contribution in [1.82, 2.24) is 4.90 Å². The second-order valence-electron chi connectivity index (χ2n) is 6.80. The van der Waals surface area contributed by atoms with Gasteiger partial charge in [-0.25, -0.2) is 0 Å². The van der Waals surface area contributed by atoms with Crippen LogP contribution in [0.25, 0.3) is 0 Å². The van der Waals surface area contributed by atoms with E-state index in [9.17, 15) is 14.4 Å². The van der Waals surface area contributed by atoms with E-state index in [1.165, 1.54) is 26.2 Å². The van der Waals surface area contributed by atoms with Crippen LogP contribution in [0.5, 0.6) is 17.2 Å². The van der Waals surface area contributed by atoms with Gasteiger partial charge in [0.15, 0.2) is 11.5 Å². The van der Waals surface area contributed by atoms with Crippen LogP contribution in [-0.4, -0.2) is 70.3 Å². The summed E-state index contributed by atoms with van der Waals surface area (Å²) >= 11 is 0. The molecule has 1 heterocycles. The molecule has 1 aliphatic heterocycles. The zero-order chi connectivity index (χ0) is 23.1. The third kappa shape index (κ3) is 5.27. The number of carbonyl (C=O) groups excluding carboxylic acids is 3. The number of anilines is 2. The van der Waals surface area contributed by atoms with Crippen LogP contribution >= 0.6 is 0 Å². The maximum Gasteiger partial charge on any atom is 0.313 e. The van der Waals surface area contributed by atoms with E-state index >= 15 is 0 Å². The number of carbonyl (C=O) groups is 3. The molecule has 10 heteroatoms. The van der Waals surface area contributed by atoms with Crippen LogP contribution in [0.1, 0.15) is 10.4 Å².